The number of hydrogen-bond acceptors (Lipinski definition) is 4. The molecule has 31 heavy (non-hydrogen) atoms. The van der Waals surface area contributed by atoms with Gasteiger partial charge < -0.3 is 16.2 Å². The van der Waals surface area contributed by atoms with Crippen LogP contribution in [-0.4, -0.2) is 28.1 Å². The maximum atomic E-state index is 13.9. The van der Waals surface area contributed by atoms with Crippen molar-refractivity contribution in [1.29, 1.82) is 0 Å². The quantitative estimate of drug-likeness (QED) is 0.520. The number of rotatable bonds is 8. The SMILES string of the molecule is CC(C)(NC(=O)c1cccnc1C[C@H](O)[C@H](N)Cc1ccccc1F)c1ccccc1. The van der Waals surface area contributed by atoms with Gasteiger partial charge in [0.2, 0.25) is 0 Å². The summed E-state index contributed by atoms with van der Waals surface area (Å²) in [6.45, 7) is 3.85. The van der Waals surface area contributed by atoms with Crippen molar-refractivity contribution in [1.82, 2.24) is 10.3 Å². The standard InChI is InChI=1S/C25H28FN3O2/c1-25(2,18-10-4-3-5-11-18)29-24(31)19-12-8-14-28-22(19)16-23(30)21(27)15-17-9-6-7-13-20(17)26/h3-14,21,23,30H,15-16,27H2,1-2H3,(H,29,31)/t21-,23+/m1/s1. The van der Waals surface area contributed by atoms with Gasteiger partial charge in [-0.05, 0) is 49.6 Å². The van der Waals surface area contributed by atoms with Gasteiger partial charge in [-0.3, -0.25) is 9.78 Å². The van der Waals surface area contributed by atoms with Gasteiger partial charge in [-0.25, -0.2) is 4.39 Å². The number of aliphatic hydroxyl groups is 1. The third kappa shape index (κ3) is 5.75. The van der Waals surface area contributed by atoms with Crippen LogP contribution in [0.5, 0.6) is 0 Å². The van der Waals surface area contributed by atoms with Crippen molar-refractivity contribution in [3.8, 4) is 0 Å². The fraction of sp³-hybridized carbons (Fsp3) is 0.280. The molecule has 1 heterocycles. The lowest BCUT2D eigenvalue weighted by atomic mass is 9.93. The molecule has 6 heteroatoms. The van der Waals surface area contributed by atoms with Gasteiger partial charge in [0.1, 0.15) is 5.82 Å². The summed E-state index contributed by atoms with van der Waals surface area (Å²) in [7, 11) is 0. The second kappa shape index (κ2) is 9.81. The highest BCUT2D eigenvalue weighted by Gasteiger charge is 2.26. The molecule has 5 nitrogen and oxygen atoms in total. The molecule has 0 saturated carbocycles. The number of nitrogens with one attached hydrogen (secondary N) is 1. The Morgan fingerprint density at radius 2 is 1.74 bits per heavy atom. The molecule has 3 aromatic rings. The molecule has 1 amide bonds. The molecule has 0 radical (unpaired) electrons. The molecule has 0 spiro atoms. The number of nitrogens with two attached hydrogens (primary N) is 1. The maximum Gasteiger partial charge on any atom is 0.253 e. The smallest absolute Gasteiger partial charge is 0.253 e. The Balaban J connectivity index is 1.72. The minimum absolute atomic E-state index is 0.0883. The number of amides is 1. The highest BCUT2D eigenvalue weighted by molar-refractivity contribution is 5.95. The first-order chi connectivity index (χ1) is 14.8. The van der Waals surface area contributed by atoms with Gasteiger partial charge in [-0.15, -0.1) is 0 Å². The van der Waals surface area contributed by atoms with E-state index in [1.165, 1.54) is 6.07 Å². The van der Waals surface area contributed by atoms with Crippen molar-refractivity contribution in [2.24, 2.45) is 5.73 Å². The molecule has 2 aromatic carbocycles. The van der Waals surface area contributed by atoms with E-state index >= 15 is 0 Å². The van der Waals surface area contributed by atoms with Crippen molar-refractivity contribution in [3.63, 3.8) is 0 Å². The number of pyridine rings is 1. The summed E-state index contributed by atoms with van der Waals surface area (Å²) >= 11 is 0. The molecule has 4 N–H and O–H groups in total. The van der Waals surface area contributed by atoms with Crippen LogP contribution in [0.2, 0.25) is 0 Å². The molecule has 0 saturated heterocycles. The highest BCUT2D eigenvalue weighted by Crippen LogP contribution is 2.21. The number of nitrogens with zero attached hydrogens (tertiary/aromatic N) is 1. The minimum atomic E-state index is -0.983. The highest BCUT2D eigenvalue weighted by atomic mass is 19.1. The van der Waals surface area contributed by atoms with Crippen molar-refractivity contribution in [2.75, 3.05) is 0 Å². The van der Waals surface area contributed by atoms with Crippen LogP contribution in [0.15, 0.2) is 72.9 Å². The number of hydrogen-bond donors (Lipinski definition) is 3. The van der Waals surface area contributed by atoms with Crippen LogP contribution in [0.25, 0.3) is 0 Å². The van der Waals surface area contributed by atoms with Crippen molar-refractivity contribution >= 4 is 5.91 Å². The zero-order chi connectivity index (χ0) is 22.4. The summed E-state index contributed by atoms with van der Waals surface area (Å²) in [6, 6.07) is 18.7. The number of carbonyl (C=O) groups excluding carboxylic acids is 1. The van der Waals surface area contributed by atoms with Gasteiger partial charge >= 0.3 is 0 Å². The summed E-state index contributed by atoms with van der Waals surface area (Å²) < 4.78 is 13.9. The molecule has 162 valence electrons. The first-order valence-corrected chi connectivity index (χ1v) is 10.3. The van der Waals surface area contributed by atoms with Crippen LogP contribution in [0, 0.1) is 5.82 Å². The molecule has 0 aliphatic heterocycles. The van der Waals surface area contributed by atoms with Crippen LogP contribution < -0.4 is 11.1 Å². The first-order valence-electron chi connectivity index (χ1n) is 10.3. The number of aliphatic hydroxyl groups excluding tert-OH is 1. The Morgan fingerprint density at radius 1 is 1.06 bits per heavy atom. The minimum Gasteiger partial charge on any atom is -0.391 e. The van der Waals surface area contributed by atoms with E-state index in [4.69, 9.17) is 5.73 Å². The monoisotopic (exact) mass is 421 g/mol. The molecule has 0 aliphatic carbocycles. The van der Waals surface area contributed by atoms with E-state index in [0.717, 1.165) is 5.56 Å². The summed E-state index contributed by atoms with van der Waals surface area (Å²) in [5, 5.41) is 13.7. The van der Waals surface area contributed by atoms with Gasteiger partial charge in [0.25, 0.3) is 5.91 Å². The average Bonchev–Trinajstić information content (AvgIpc) is 2.76. The summed E-state index contributed by atoms with van der Waals surface area (Å²) in [5.41, 5.74) is 7.77. The summed E-state index contributed by atoms with van der Waals surface area (Å²) in [5.74, 6) is -0.641. The van der Waals surface area contributed by atoms with E-state index in [-0.39, 0.29) is 24.6 Å². The third-order valence-electron chi connectivity index (χ3n) is 5.37. The van der Waals surface area contributed by atoms with Crippen molar-refractivity contribution < 1.29 is 14.3 Å². The van der Waals surface area contributed by atoms with Crippen LogP contribution in [0.3, 0.4) is 0 Å². The second-order valence-electron chi connectivity index (χ2n) is 8.17. The summed E-state index contributed by atoms with van der Waals surface area (Å²) in [6.07, 6.45) is 0.862. The summed E-state index contributed by atoms with van der Waals surface area (Å²) in [4.78, 5) is 17.3. The fourth-order valence-corrected chi connectivity index (χ4v) is 3.49. The zero-order valence-corrected chi connectivity index (χ0v) is 17.8. The maximum absolute atomic E-state index is 13.9. The predicted molar refractivity (Wildman–Crippen MR) is 119 cm³/mol. The van der Waals surface area contributed by atoms with Gasteiger partial charge in [0.15, 0.2) is 0 Å². The van der Waals surface area contributed by atoms with E-state index in [0.29, 0.717) is 16.8 Å². The van der Waals surface area contributed by atoms with Crippen molar-refractivity contribution in [2.45, 2.75) is 44.4 Å². The van der Waals surface area contributed by atoms with Crippen LogP contribution in [-0.2, 0) is 18.4 Å². The normalized spacial score (nSPS) is 13.5. The van der Waals surface area contributed by atoms with E-state index in [9.17, 15) is 14.3 Å². The molecule has 3 rings (SSSR count). The third-order valence-corrected chi connectivity index (χ3v) is 5.37. The zero-order valence-electron chi connectivity index (χ0n) is 17.8. The lowest BCUT2D eigenvalue weighted by Crippen LogP contribution is -2.42. The lowest BCUT2D eigenvalue weighted by Gasteiger charge is -2.27. The van der Waals surface area contributed by atoms with Crippen LogP contribution in [0.4, 0.5) is 4.39 Å². The Morgan fingerprint density at radius 3 is 2.45 bits per heavy atom. The first kappa shape index (κ1) is 22.6. The molecule has 0 fully saturated rings. The molecular formula is C25H28FN3O2. The Bertz CT molecular complexity index is 1020. The molecule has 2 atom stereocenters. The molecule has 0 unspecified atom stereocenters. The van der Waals surface area contributed by atoms with E-state index in [1.54, 1.807) is 36.5 Å². The predicted octanol–water partition coefficient (Wildman–Crippen LogP) is 3.36. The van der Waals surface area contributed by atoms with E-state index in [2.05, 4.69) is 10.3 Å². The van der Waals surface area contributed by atoms with Crippen LogP contribution >= 0.6 is 0 Å². The Kier molecular flexibility index (Phi) is 7.15. The van der Waals surface area contributed by atoms with Gasteiger partial charge in [-0.1, -0.05) is 48.5 Å². The van der Waals surface area contributed by atoms with E-state index < -0.39 is 17.7 Å². The number of carbonyl (C=O) groups is 1. The molecule has 0 aliphatic rings. The molecular weight excluding hydrogens is 393 g/mol. The molecule has 1 aromatic heterocycles. The number of benzene rings is 2. The number of aromatic nitrogens is 1. The van der Waals surface area contributed by atoms with Gasteiger partial charge in [-0.2, -0.15) is 0 Å². The van der Waals surface area contributed by atoms with Crippen molar-refractivity contribution in [3.05, 3.63) is 101 Å². The Hall–Kier alpha value is -3.09. The van der Waals surface area contributed by atoms with Gasteiger partial charge in [0, 0.05) is 18.7 Å². The molecule has 0 bridgehead atoms. The van der Waals surface area contributed by atoms with E-state index in [1.807, 2.05) is 44.2 Å². The average molecular weight is 422 g/mol. The topological polar surface area (TPSA) is 88.2 Å². The van der Waals surface area contributed by atoms with Crippen LogP contribution in [0.1, 0.15) is 41.0 Å². The largest absolute Gasteiger partial charge is 0.391 e. The lowest BCUT2D eigenvalue weighted by molar-refractivity contribution is 0.0908. The second-order valence-corrected chi connectivity index (χ2v) is 8.17. The number of halogens is 1. The fourth-order valence-electron chi connectivity index (χ4n) is 3.49. The Labute approximate surface area is 182 Å². The van der Waals surface area contributed by atoms with Gasteiger partial charge in [0.05, 0.1) is 22.9 Å².